The summed E-state index contributed by atoms with van der Waals surface area (Å²) in [7, 11) is 0. The smallest absolute Gasteiger partial charge is 0.201 e. The zero-order valence-electron chi connectivity index (χ0n) is 6.53. The molecule has 1 rings (SSSR count). The van der Waals surface area contributed by atoms with Gasteiger partial charge in [-0.25, -0.2) is 4.98 Å². The summed E-state index contributed by atoms with van der Waals surface area (Å²) >= 11 is 4.95. The molecule has 1 aromatic heterocycles. The Morgan fingerprint density at radius 3 is 2.64 bits per heavy atom. The number of aromatic nitrogens is 2. The van der Waals surface area contributed by atoms with Crippen molar-refractivity contribution < 1.29 is 0 Å². The Balaban J connectivity index is 2.51. The first-order valence-corrected chi connectivity index (χ1v) is 6.20. The van der Waals surface area contributed by atoms with Crippen LogP contribution in [0.3, 0.4) is 0 Å². The number of hydrogen-bond acceptors (Lipinski definition) is 5. The van der Waals surface area contributed by atoms with Gasteiger partial charge in [-0.1, -0.05) is 37.4 Å². The van der Waals surface area contributed by atoms with Gasteiger partial charge in [0.1, 0.15) is 0 Å². The van der Waals surface area contributed by atoms with Crippen LogP contribution in [-0.4, -0.2) is 20.9 Å². The van der Waals surface area contributed by atoms with E-state index in [1.54, 1.807) is 23.5 Å². The van der Waals surface area contributed by atoms with Crippen LogP contribution in [0.25, 0.3) is 0 Å². The summed E-state index contributed by atoms with van der Waals surface area (Å²) < 4.78 is 5.28. The molecule has 0 bridgehead atoms. The molecule has 0 fully saturated rings. The Hall–Kier alpha value is 0.260. The van der Waals surface area contributed by atoms with Crippen molar-refractivity contribution in [1.29, 1.82) is 0 Å². The maximum Gasteiger partial charge on any atom is 0.201 e. The van der Waals surface area contributed by atoms with Gasteiger partial charge in [-0.05, 0) is 23.0 Å². The molecule has 1 aromatic rings. The SMILES string of the molecule is CCSc1nsc(SCC)n1. The molecule has 0 saturated heterocycles. The first-order valence-electron chi connectivity index (χ1n) is 3.46. The molecule has 0 aromatic carbocycles. The summed E-state index contributed by atoms with van der Waals surface area (Å²) in [6.07, 6.45) is 0. The zero-order valence-corrected chi connectivity index (χ0v) is 8.98. The number of nitrogens with zero attached hydrogens (tertiary/aromatic N) is 2. The Morgan fingerprint density at radius 2 is 2.00 bits per heavy atom. The Labute approximate surface area is 79.4 Å². The molecule has 5 heteroatoms. The van der Waals surface area contributed by atoms with Gasteiger partial charge in [-0.3, -0.25) is 0 Å². The summed E-state index contributed by atoms with van der Waals surface area (Å²) in [6, 6.07) is 0. The van der Waals surface area contributed by atoms with Crippen molar-refractivity contribution in [3.63, 3.8) is 0 Å². The Morgan fingerprint density at radius 1 is 1.27 bits per heavy atom. The fourth-order valence-electron chi connectivity index (χ4n) is 0.567. The number of hydrogen-bond donors (Lipinski definition) is 0. The van der Waals surface area contributed by atoms with E-state index in [1.807, 2.05) is 0 Å². The molecule has 62 valence electrons. The lowest BCUT2D eigenvalue weighted by atomic mass is 11.0. The minimum atomic E-state index is 0.924. The van der Waals surface area contributed by atoms with E-state index in [-0.39, 0.29) is 0 Å². The van der Waals surface area contributed by atoms with Crippen LogP contribution in [0.1, 0.15) is 13.8 Å². The van der Waals surface area contributed by atoms with Gasteiger partial charge in [0.25, 0.3) is 0 Å². The summed E-state index contributed by atoms with van der Waals surface area (Å²) in [6.45, 7) is 4.23. The van der Waals surface area contributed by atoms with Crippen LogP contribution in [0.5, 0.6) is 0 Å². The van der Waals surface area contributed by atoms with Crippen LogP contribution in [0.15, 0.2) is 9.50 Å². The minimum Gasteiger partial charge on any atom is -0.203 e. The van der Waals surface area contributed by atoms with Gasteiger partial charge in [0, 0.05) is 0 Å². The van der Waals surface area contributed by atoms with Crippen LogP contribution >= 0.6 is 35.1 Å². The third-order valence-corrected chi connectivity index (χ3v) is 3.49. The van der Waals surface area contributed by atoms with Gasteiger partial charge >= 0.3 is 0 Å². The molecule has 0 unspecified atom stereocenters. The van der Waals surface area contributed by atoms with Crippen molar-refractivity contribution in [1.82, 2.24) is 9.36 Å². The molecule has 1 heterocycles. The van der Waals surface area contributed by atoms with Crippen LogP contribution in [-0.2, 0) is 0 Å². The second-order valence-electron chi connectivity index (χ2n) is 1.71. The maximum absolute atomic E-state index is 4.32. The molecule has 11 heavy (non-hydrogen) atoms. The highest BCUT2D eigenvalue weighted by Crippen LogP contribution is 2.23. The van der Waals surface area contributed by atoms with E-state index in [9.17, 15) is 0 Å². The lowest BCUT2D eigenvalue weighted by Gasteiger charge is -1.86. The monoisotopic (exact) mass is 206 g/mol. The van der Waals surface area contributed by atoms with Crippen LogP contribution in [0.4, 0.5) is 0 Å². The number of rotatable bonds is 4. The first-order chi connectivity index (χ1) is 5.36. The summed E-state index contributed by atoms with van der Waals surface area (Å²) in [4.78, 5) is 4.32. The van der Waals surface area contributed by atoms with Crippen molar-refractivity contribution in [3.8, 4) is 0 Å². The quantitative estimate of drug-likeness (QED) is 0.708. The highest BCUT2D eigenvalue weighted by Gasteiger charge is 2.01. The van der Waals surface area contributed by atoms with Crippen LogP contribution in [0, 0.1) is 0 Å². The molecular formula is C6H10N2S3. The molecule has 0 atom stereocenters. The fourth-order valence-corrected chi connectivity index (χ4v) is 2.82. The average molecular weight is 206 g/mol. The fraction of sp³-hybridized carbons (Fsp3) is 0.667. The summed E-state index contributed by atoms with van der Waals surface area (Å²) in [5.74, 6) is 2.12. The van der Waals surface area contributed by atoms with Gasteiger partial charge in [-0.15, -0.1) is 0 Å². The van der Waals surface area contributed by atoms with Gasteiger partial charge < -0.3 is 0 Å². The molecule has 0 radical (unpaired) electrons. The first kappa shape index (κ1) is 9.35. The van der Waals surface area contributed by atoms with E-state index in [1.165, 1.54) is 11.5 Å². The van der Waals surface area contributed by atoms with Crippen molar-refractivity contribution in [2.24, 2.45) is 0 Å². The van der Waals surface area contributed by atoms with E-state index in [2.05, 4.69) is 23.2 Å². The third kappa shape index (κ3) is 3.01. The lowest BCUT2D eigenvalue weighted by Crippen LogP contribution is -1.75. The summed E-state index contributed by atoms with van der Waals surface area (Å²) in [5, 5.41) is 0.924. The van der Waals surface area contributed by atoms with Gasteiger partial charge in [0.15, 0.2) is 4.34 Å². The second kappa shape index (κ2) is 5.00. The third-order valence-electron chi connectivity index (χ3n) is 0.930. The zero-order chi connectivity index (χ0) is 8.10. The largest absolute Gasteiger partial charge is 0.203 e. The Kier molecular flexibility index (Phi) is 4.25. The molecule has 0 amide bonds. The molecule has 0 aliphatic heterocycles. The molecular weight excluding hydrogens is 196 g/mol. The topological polar surface area (TPSA) is 25.8 Å². The maximum atomic E-state index is 4.32. The highest BCUT2D eigenvalue weighted by molar-refractivity contribution is 8.01. The normalized spacial score (nSPS) is 10.4. The number of thioether (sulfide) groups is 2. The van der Waals surface area contributed by atoms with Crippen molar-refractivity contribution in [3.05, 3.63) is 0 Å². The van der Waals surface area contributed by atoms with Gasteiger partial charge in [0.05, 0.1) is 0 Å². The van der Waals surface area contributed by atoms with E-state index in [0.29, 0.717) is 0 Å². The molecule has 0 aliphatic rings. The van der Waals surface area contributed by atoms with Gasteiger partial charge in [-0.2, -0.15) is 4.37 Å². The predicted molar refractivity (Wildman–Crippen MR) is 52.7 cm³/mol. The summed E-state index contributed by atoms with van der Waals surface area (Å²) in [5.41, 5.74) is 0. The van der Waals surface area contributed by atoms with Gasteiger partial charge in [0.2, 0.25) is 5.16 Å². The van der Waals surface area contributed by atoms with Crippen molar-refractivity contribution in [2.75, 3.05) is 11.5 Å². The molecule has 0 saturated carbocycles. The van der Waals surface area contributed by atoms with E-state index in [4.69, 9.17) is 0 Å². The minimum absolute atomic E-state index is 0.924. The predicted octanol–water partition coefficient (Wildman–Crippen LogP) is 2.76. The molecule has 2 nitrogen and oxygen atoms in total. The van der Waals surface area contributed by atoms with Crippen LogP contribution < -0.4 is 0 Å². The molecule has 0 aliphatic carbocycles. The molecule has 0 spiro atoms. The van der Waals surface area contributed by atoms with Crippen molar-refractivity contribution in [2.45, 2.75) is 23.3 Å². The van der Waals surface area contributed by atoms with E-state index >= 15 is 0 Å². The highest BCUT2D eigenvalue weighted by atomic mass is 32.2. The second-order valence-corrected chi connectivity index (χ2v) is 5.20. The average Bonchev–Trinajstić information content (AvgIpc) is 2.38. The standard InChI is InChI=1S/C6H10N2S3/c1-3-9-5-7-6(10-4-2)11-8-5/h3-4H2,1-2H3. The molecule has 0 N–H and O–H groups in total. The van der Waals surface area contributed by atoms with Crippen LogP contribution in [0.2, 0.25) is 0 Å². The Bertz CT molecular complexity index is 191. The van der Waals surface area contributed by atoms with E-state index < -0.39 is 0 Å². The lowest BCUT2D eigenvalue weighted by molar-refractivity contribution is 1.02. The van der Waals surface area contributed by atoms with Crippen molar-refractivity contribution >= 4 is 35.1 Å². The van der Waals surface area contributed by atoms with E-state index in [0.717, 1.165) is 21.0 Å².